The van der Waals surface area contributed by atoms with Crippen molar-refractivity contribution in [2.45, 2.75) is 32.4 Å². The first-order valence-electron chi connectivity index (χ1n) is 8.21. The Kier molecular flexibility index (Phi) is 9.01. The zero-order valence-corrected chi connectivity index (χ0v) is 16.3. The molecule has 3 rings (SSSR count). The van der Waals surface area contributed by atoms with Gasteiger partial charge in [-0.15, -0.1) is 24.8 Å². The predicted molar refractivity (Wildman–Crippen MR) is 104 cm³/mol. The third-order valence-electron chi connectivity index (χ3n) is 4.43. The average Bonchev–Trinajstić information content (AvgIpc) is 3.06. The number of pyridine rings is 1. The molecule has 0 aliphatic carbocycles. The molecule has 7 nitrogen and oxygen atoms in total. The van der Waals surface area contributed by atoms with Gasteiger partial charge in [-0.2, -0.15) is 0 Å². The first-order chi connectivity index (χ1) is 11.6. The van der Waals surface area contributed by atoms with Crippen LogP contribution in [0.2, 0.25) is 0 Å². The van der Waals surface area contributed by atoms with Gasteiger partial charge in [0.2, 0.25) is 5.91 Å². The highest BCUT2D eigenvalue weighted by atomic mass is 35.5. The quantitative estimate of drug-likeness (QED) is 0.795. The van der Waals surface area contributed by atoms with Gasteiger partial charge in [0.05, 0.1) is 6.04 Å². The van der Waals surface area contributed by atoms with E-state index in [4.69, 9.17) is 10.5 Å². The Morgan fingerprint density at radius 1 is 1.35 bits per heavy atom. The molecule has 2 aromatic heterocycles. The highest BCUT2D eigenvalue weighted by molar-refractivity contribution is 5.85. The normalized spacial score (nSPS) is 15.5. The summed E-state index contributed by atoms with van der Waals surface area (Å²) in [4.78, 5) is 20.8. The molecule has 1 aliphatic rings. The van der Waals surface area contributed by atoms with Crippen molar-refractivity contribution < 1.29 is 9.53 Å². The van der Waals surface area contributed by atoms with Crippen molar-refractivity contribution >= 4 is 30.7 Å². The largest absolute Gasteiger partial charge is 0.381 e. The fourth-order valence-electron chi connectivity index (χ4n) is 2.88. The van der Waals surface area contributed by atoms with Crippen LogP contribution in [0.15, 0.2) is 30.7 Å². The zero-order chi connectivity index (χ0) is 16.9. The summed E-state index contributed by atoms with van der Waals surface area (Å²) >= 11 is 0. The molecule has 1 saturated heterocycles. The molecule has 0 bridgehead atoms. The maximum atomic E-state index is 12.2. The third kappa shape index (κ3) is 5.41. The number of ether oxygens (including phenoxy) is 1. The topological polar surface area (TPSA) is 95.1 Å². The van der Waals surface area contributed by atoms with Crippen molar-refractivity contribution in [3.63, 3.8) is 0 Å². The molecule has 144 valence electrons. The van der Waals surface area contributed by atoms with E-state index in [9.17, 15) is 4.79 Å². The Hall–Kier alpha value is -1.67. The SMILES string of the molecule is Cc1nccn1-c1ccc(CNC(=O)C(N)C2CCOCC2)cn1.Cl.Cl. The van der Waals surface area contributed by atoms with Crippen LogP contribution in [0.25, 0.3) is 5.82 Å². The number of amides is 1. The van der Waals surface area contributed by atoms with Gasteiger partial charge in [0.1, 0.15) is 11.6 Å². The maximum absolute atomic E-state index is 12.2. The summed E-state index contributed by atoms with van der Waals surface area (Å²) in [6, 6.07) is 3.38. The van der Waals surface area contributed by atoms with E-state index >= 15 is 0 Å². The second-order valence-corrected chi connectivity index (χ2v) is 6.06. The third-order valence-corrected chi connectivity index (χ3v) is 4.43. The van der Waals surface area contributed by atoms with Crippen LogP contribution in [0, 0.1) is 12.8 Å². The molecule has 0 radical (unpaired) electrons. The highest BCUT2D eigenvalue weighted by Gasteiger charge is 2.26. The number of nitrogens with one attached hydrogen (secondary N) is 1. The Morgan fingerprint density at radius 2 is 2.08 bits per heavy atom. The zero-order valence-electron chi connectivity index (χ0n) is 14.6. The molecule has 0 saturated carbocycles. The van der Waals surface area contributed by atoms with Crippen LogP contribution < -0.4 is 11.1 Å². The molecule has 0 aromatic carbocycles. The Morgan fingerprint density at radius 3 is 2.65 bits per heavy atom. The second-order valence-electron chi connectivity index (χ2n) is 6.06. The molecular formula is C17H25Cl2N5O2. The molecule has 2 aromatic rings. The highest BCUT2D eigenvalue weighted by Crippen LogP contribution is 2.17. The van der Waals surface area contributed by atoms with Crippen LogP contribution in [-0.2, 0) is 16.1 Å². The Balaban J connectivity index is 0.00000169. The molecule has 1 atom stereocenters. The molecule has 1 fully saturated rings. The number of hydrogen-bond donors (Lipinski definition) is 2. The van der Waals surface area contributed by atoms with E-state index in [-0.39, 0.29) is 36.6 Å². The van der Waals surface area contributed by atoms with Crippen molar-refractivity contribution in [2.75, 3.05) is 13.2 Å². The summed E-state index contributed by atoms with van der Waals surface area (Å²) in [6.07, 6.45) is 7.05. The lowest BCUT2D eigenvalue weighted by atomic mass is 9.92. The minimum atomic E-state index is -0.477. The van der Waals surface area contributed by atoms with Gasteiger partial charge in [0.25, 0.3) is 0 Å². The van der Waals surface area contributed by atoms with E-state index in [2.05, 4.69) is 15.3 Å². The minimum absolute atomic E-state index is 0. The number of imidazole rings is 1. The van der Waals surface area contributed by atoms with Crippen molar-refractivity contribution in [1.29, 1.82) is 0 Å². The molecule has 1 unspecified atom stereocenters. The van der Waals surface area contributed by atoms with Crippen molar-refractivity contribution in [3.8, 4) is 5.82 Å². The van der Waals surface area contributed by atoms with E-state index < -0.39 is 6.04 Å². The minimum Gasteiger partial charge on any atom is -0.381 e. The summed E-state index contributed by atoms with van der Waals surface area (Å²) in [6.45, 7) is 3.72. The van der Waals surface area contributed by atoms with Crippen molar-refractivity contribution in [3.05, 3.63) is 42.1 Å². The van der Waals surface area contributed by atoms with Crippen LogP contribution in [0.4, 0.5) is 0 Å². The molecule has 1 aliphatic heterocycles. The number of carbonyl (C=O) groups is 1. The number of carbonyl (C=O) groups excluding carboxylic acids is 1. The summed E-state index contributed by atoms with van der Waals surface area (Å²) in [5.41, 5.74) is 7.00. The lowest BCUT2D eigenvalue weighted by Crippen LogP contribution is -2.46. The van der Waals surface area contributed by atoms with E-state index in [1.54, 1.807) is 12.4 Å². The Bertz CT molecular complexity index is 687. The molecule has 1 amide bonds. The summed E-state index contributed by atoms with van der Waals surface area (Å²) in [5.74, 6) is 1.77. The van der Waals surface area contributed by atoms with Gasteiger partial charge >= 0.3 is 0 Å². The van der Waals surface area contributed by atoms with Gasteiger partial charge in [0, 0.05) is 38.3 Å². The van der Waals surface area contributed by atoms with E-state index in [0.717, 1.165) is 30.0 Å². The van der Waals surface area contributed by atoms with Crippen LogP contribution in [-0.4, -0.2) is 39.7 Å². The van der Waals surface area contributed by atoms with Gasteiger partial charge in [-0.25, -0.2) is 9.97 Å². The lowest BCUT2D eigenvalue weighted by molar-refractivity contribution is -0.124. The monoisotopic (exact) mass is 401 g/mol. The van der Waals surface area contributed by atoms with Gasteiger partial charge in [-0.3, -0.25) is 9.36 Å². The van der Waals surface area contributed by atoms with Crippen LogP contribution >= 0.6 is 24.8 Å². The van der Waals surface area contributed by atoms with Gasteiger partial charge in [-0.05, 0) is 37.3 Å². The van der Waals surface area contributed by atoms with Gasteiger partial charge in [0.15, 0.2) is 0 Å². The lowest BCUT2D eigenvalue weighted by Gasteiger charge is -2.26. The molecule has 0 spiro atoms. The maximum Gasteiger partial charge on any atom is 0.237 e. The standard InChI is InChI=1S/C17H23N5O2.2ClH/c1-12-19-6-7-22(12)15-3-2-13(10-20-15)11-21-17(23)16(18)14-4-8-24-9-5-14;;/h2-3,6-7,10,14,16H,4-5,8-9,11,18H2,1H3,(H,21,23);2*1H. The van der Waals surface area contributed by atoms with E-state index in [0.29, 0.717) is 19.8 Å². The Labute approximate surface area is 165 Å². The van der Waals surface area contributed by atoms with Crippen LogP contribution in [0.5, 0.6) is 0 Å². The van der Waals surface area contributed by atoms with E-state index in [1.165, 1.54) is 0 Å². The molecule has 3 N–H and O–H groups in total. The predicted octanol–water partition coefficient (Wildman–Crippen LogP) is 1.79. The summed E-state index contributed by atoms with van der Waals surface area (Å²) in [7, 11) is 0. The van der Waals surface area contributed by atoms with Crippen molar-refractivity contribution in [1.82, 2.24) is 19.9 Å². The number of aromatic nitrogens is 3. The van der Waals surface area contributed by atoms with Crippen LogP contribution in [0.1, 0.15) is 24.2 Å². The number of aryl methyl sites for hydroxylation is 1. The fraction of sp³-hybridized carbons (Fsp3) is 0.471. The number of nitrogens with zero attached hydrogens (tertiary/aromatic N) is 3. The van der Waals surface area contributed by atoms with Gasteiger partial charge in [-0.1, -0.05) is 6.07 Å². The average molecular weight is 402 g/mol. The molecule has 9 heteroatoms. The number of halogens is 2. The molecule has 26 heavy (non-hydrogen) atoms. The second kappa shape index (κ2) is 10.5. The smallest absolute Gasteiger partial charge is 0.237 e. The molecular weight excluding hydrogens is 377 g/mol. The van der Waals surface area contributed by atoms with E-state index in [1.807, 2.05) is 29.8 Å². The number of rotatable bonds is 5. The number of hydrogen-bond acceptors (Lipinski definition) is 5. The van der Waals surface area contributed by atoms with Crippen LogP contribution in [0.3, 0.4) is 0 Å². The van der Waals surface area contributed by atoms with Crippen molar-refractivity contribution in [2.24, 2.45) is 11.7 Å². The molecule has 3 heterocycles. The summed E-state index contributed by atoms with van der Waals surface area (Å²) < 4.78 is 7.21. The first kappa shape index (κ1) is 22.4. The first-order valence-corrected chi connectivity index (χ1v) is 8.21. The fourth-order valence-corrected chi connectivity index (χ4v) is 2.88. The number of nitrogens with two attached hydrogens (primary N) is 1. The summed E-state index contributed by atoms with van der Waals surface area (Å²) in [5, 5.41) is 2.90. The van der Waals surface area contributed by atoms with Gasteiger partial charge < -0.3 is 15.8 Å².